The van der Waals surface area contributed by atoms with E-state index >= 15 is 0 Å². The Morgan fingerprint density at radius 1 is 1.30 bits per heavy atom. The summed E-state index contributed by atoms with van der Waals surface area (Å²) in [5.41, 5.74) is 0. The highest BCUT2D eigenvalue weighted by Crippen LogP contribution is 2.23. The first-order valence-electron chi connectivity index (χ1n) is 5.70. The fourth-order valence-corrected chi connectivity index (χ4v) is 2.38. The average Bonchev–Trinajstić information content (AvgIpc) is 2.85. The van der Waals surface area contributed by atoms with E-state index in [2.05, 4.69) is 26.1 Å². The van der Waals surface area contributed by atoms with Gasteiger partial charge < -0.3 is 9.63 Å². The molecule has 0 bridgehead atoms. The number of rotatable bonds is 6. The van der Waals surface area contributed by atoms with Gasteiger partial charge in [0.1, 0.15) is 6.10 Å². The van der Waals surface area contributed by atoms with E-state index in [9.17, 15) is 8.78 Å². The van der Waals surface area contributed by atoms with Gasteiger partial charge in [0.15, 0.2) is 5.82 Å². The molecule has 4 nitrogen and oxygen atoms in total. The molecule has 1 heterocycles. The lowest BCUT2D eigenvalue weighted by molar-refractivity contribution is -0.00754. The first-order chi connectivity index (χ1) is 9.54. The lowest BCUT2D eigenvalue weighted by Gasteiger charge is -2.04. The number of hydrogen-bond donors (Lipinski definition) is 1. The monoisotopic (exact) mass is 364 g/mol. The van der Waals surface area contributed by atoms with Crippen LogP contribution in [0.5, 0.6) is 0 Å². The molecule has 0 spiro atoms. The number of aromatic nitrogens is 2. The van der Waals surface area contributed by atoms with Crippen LogP contribution < -0.4 is 0 Å². The third-order valence-corrected chi connectivity index (χ3v) is 3.90. The van der Waals surface area contributed by atoms with E-state index in [1.165, 1.54) is 11.8 Å². The molecule has 0 aliphatic rings. The zero-order valence-corrected chi connectivity index (χ0v) is 12.6. The molecular weight excluding hydrogens is 354 g/mol. The maximum atomic E-state index is 12.2. The maximum Gasteiger partial charge on any atom is 0.264 e. The number of aliphatic hydroxyl groups excluding tert-OH is 1. The highest BCUT2D eigenvalue weighted by Gasteiger charge is 2.20. The Kier molecular flexibility index (Phi) is 5.50. The summed E-state index contributed by atoms with van der Waals surface area (Å²) >= 11 is 4.85. The molecule has 2 aromatic rings. The van der Waals surface area contributed by atoms with Crippen molar-refractivity contribution < 1.29 is 18.4 Å². The average molecular weight is 365 g/mol. The maximum absolute atomic E-state index is 12.2. The van der Waals surface area contributed by atoms with Gasteiger partial charge in [-0.15, -0.1) is 11.8 Å². The van der Waals surface area contributed by atoms with E-state index in [1.807, 2.05) is 24.3 Å². The fourth-order valence-electron chi connectivity index (χ4n) is 1.38. The lowest BCUT2D eigenvalue weighted by atomic mass is 10.2. The van der Waals surface area contributed by atoms with Gasteiger partial charge in [-0.2, -0.15) is 4.98 Å². The Morgan fingerprint density at radius 3 is 2.65 bits per heavy atom. The minimum atomic E-state index is -2.82. The molecule has 20 heavy (non-hydrogen) atoms. The van der Waals surface area contributed by atoms with Crippen LogP contribution in [0, 0.1) is 0 Å². The van der Waals surface area contributed by atoms with E-state index in [-0.39, 0.29) is 12.3 Å². The Hall–Kier alpha value is -0.990. The first kappa shape index (κ1) is 15.4. The Bertz CT molecular complexity index is 551. The summed E-state index contributed by atoms with van der Waals surface area (Å²) in [5.74, 6) is 0.897. The first-order valence-corrected chi connectivity index (χ1v) is 7.48. The molecule has 0 fully saturated rings. The smallest absolute Gasteiger partial charge is 0.264 e. The standard InChI is InChI=1S/C12H11BrF2N2O2S/c13-7-1-3-8(4-2-7)20-6-10-16-11(19-17-10)5-9(18)12(14)15/h1-4,9,12,18H,5-6H2. The van der Waals surface area contributed by atoms with Gasteiger partial charge in [-0.25, -0.2) is 8.78 Å². The van der Waals surface area contributed by atoms with Crippen molar-refractivity contribution in [3.05, 3.63) is 40.5 Å². The van der Waals surface area contributed by atoms with Crippen LogP contribution in [0.25, 0.3) is 0 Å². The molecule has 1 N–H and O–H groups in total. The molecule has 0 saturated carbocycles. The number of aliphatic hydroxyl groups is 1. The molecule has 0 aliphatic carbocycles. The highest BCUT2D eigenvalue weighted by atomic mass is 79.9. The molecule has 8 heteroatoms. The number of thioether (sulfide) groups is 1. The van der Waals surface area contributed by atoms with Crippen molar-refractivity contribution in [3.63, 3.8) is 0 Å². The fraction of sp³-hybridized carbons (Fsp3) is 0.333. The summed E-state index contributed by atoms with van der Waals surface area (Å²) < 4.78 is 30.2. The van der Waals surface area contributed by atoms with Crippen molar-refractivity contribution in [2.45, 2.75) is 29.6 Å². The normalized spacial score (nSPS) is 12.8. The van der Waals surface area contributed by atoms with Crippen molar-refractivity contribution in [3.8, 4) is 0 Å². The molecule has 1 atom stereocenters. The van der Waals surface area contributed by atoms with E-state index in [0.717, 1.165) is 9.37 Å². The van der Waals surface area contributed by atoms with Gasteiger partial charge in [0.25, 0.3) is 6.43 Å². The van der Waals surface area contributed by atoms with Crippen molar-refractivity contribution in [2.75, 3.05) is 0 Å². The van der Waals surface area contributed by atoms with Crippen LogP contribution in [0.2, 0.25) is 0 Å². The summed E-state index contributed by atoms with van der Waals surface area (Å²) in [5, 5.41) is 12.7. The van der Waals surface area contributed by atoms with Crippen molar-refractivity contribution >= 4 is 27.7 Å². The second-order valence-corrected chi connectivity index (χ2v) is 5.92. The summed E-state index contributed by atoms with van der Waals surface area (Å²) in [6.45, 7) is 0. The number of benzene rings is 1. The van der Waals surface area contributed by atoms with Gasteiger partial charge in [0, 0.05) is 9.37 Å². The molecule has 0 saturated heterocycles. The largest absolute Gasteiger partial charge is 0.387 e. The highest BCUT2D eigenvalue weighted by molar-refractivity contribution is 9.10. The second kappa shape index (κ2) is 7.14. The number of halogens is 3. The van der Waals surface area contributed by atoms with Crippen LogP contribution in [-0.2, 0) is 12.2 Å². The van der Waals surface area contributed by atoms with Gasteiger partial charge in [-0.1, -0.05) is 21.1 Å². The second-order valence-electron chi connectivity index (χ2n) is 3.95. The zero-order chi connectivity index (χ0) is 14.5. The van der Waals surface area contributed by atoms with Crippen LogP contribution in [0.4, 0.5) is 8.78 Å². The number of nitrogens with zero attached hydrogens (tertiary/aromatic N) is 2. The van der Waals surface area contributed by atoms with Crippen molar-refractivity contribution in [1.82, 2.24) is 10.1 Å². The molecule has 1 aromatic carbocycles. The van der Waals surface area contributed by atoms with E-state index in [4.69, 9.17) is 9.63 Å². The molecule has 0 radical (unpaired) electrons. The SMILES string of the molecule is OC(Cc1nc(CSc2ccc(Br)cc2)no1)C(F)F. The van der Waals surface area contributed by atoms with Crippen LogP contribution in [0.1, 0.15) is 11.7 Å². The molecule has 2 rings (SSSR count). The number of hydrogen-bond acceptors (Lipinski definition) is 5. The Balaban J connectivity index is 1.88. The van der Waals surface area contributed by atoms with Gasteiger partial charge in [-0.05, 0) is 24.3 Å². The minimum absolute atomic E-state index is 0.0178. The topological polar surface area (TPSA) is 59.2 Å². The Morgan fingerprint density at radius 2 is 2.00 bits per heavy atom. The molecule has 0 aliphatic heterocycles. The summed E-state index contributed by atoms with van der Waals surface area (Å²) in [6, 6.07) is 7.72. The van der Waals surface area contributed by atoms with Gasteiger partial charge in [-0.3, -0.25) is 0 Å². The molecule has 108 valence electrons. The zero-order valence-electron chi connectivity index (χ0n) is 10.2. The van der Waals surface area contributed by atoms with Crippen molar-refractivity contribution in [1.29, 1.82) is 0 Å². The molecular formula is C12H11BrF2N2O2S. The lowest BCUT2D eigenvalue weighted by Crippen LogP contribution is -2.20. The van der Waals surface area contributed by atoms with Crippen LogP contribution >= 0.6 is 27.7 Å². The van der Waals surface area contributed by atoms with Crippen molar-refractivity contribution in [2.24, 2.45) is 0 Å². The van der Waals surface area contributed by atoms with Crippen LogP contribution in [0.15, 0.2) is 38.2 Å². The third-order valence-electron chi connectivity index (χ3n) is 2.37. The predicted octanol–water partition coefficient (Wildman–Crippen LogP) is 3.29. The van der Waals surface area contributed by atoms with E-state index < -0.39 is 12.5 Å². The van der Waals surface area contributed by atoms with E-state index in [0.29, 0.717) is 11.6 Å². The van der Waals surface area contributed by atoms with Gasteiger partial charge >= 0.3 is 0 Å². The Labute approximate surface area is 126 Å². The quantitative estimate of drug-likeness (QED) is 0.797. The van der Waals surface area contributed by atoms with Gasteiger partial charge in [0.05, 0.1) is 12.2 Å². The summed E-state index contributed by atoms with van der Waals surface area (Å²) in [6.07, 6.45) is -4.93. The molecule has 1 aromatic heterocycles. The van der Waals surface area contributed by atoms with Crippen LogP contribution in [0.3, 0.4) is 0 Å². The summed E-state index contributed by atoms with van der Waals surface area (Å²) in [4.78, 5) is 5.00. The van der Waals surface area contributed by atoms with E-state index in [1.54, 1.807) is 0 Å². The number of alkyl halides is 2. The summed E-state index contributed by atoms with van der Waals surface area (Å²) in [7, 11) is 0. The molecule has 0 amide bonds. The minimum Gasteiger partial charge on any atom is -0.387 e. The molecule has 1 unspecified atom stereocenters. The predicted molar refractivity (Wildman–Crippen MR) is 73.7 cm³/mol. The van der Waals surface area contributed by atoms with Gasteiger partial charge in [0.2, 0.25) is 5.89 Å². The third kappa shape index (κ3) is 4.53. The van der Waals surface area contributed by atoms with Crippen LogP contribution in [-0.4, -0.2) is 27.8 Å².